The highest BCUT2D eigenvalue weighted by Crippen LogP contribution is 2.33. The van der Waals surface area contributed by atoms with Crippen molar-refractivity contribution in [2.24, 2.45) is 0 Å². The number of nitrogens with zero attached hydrogens (tertiary/aromatic N) is 1. The summed E-state index contributed by atoms with van der Waals surface area (Å²) in [6, 6.07) is 13.6. The maximum absolute atomic E-state index is 12.9. The Labute approximate surface area is 192 Å². The number of benzene rings is 3. The van der Waals surface area contributed by atoms with Gasteiger partial charge in [0.1, 0.15) is 5.75 Å². The first-order valence-electron chi connectivity index (χ1n) is 8.93. The van der Waals surface area contributed by atoms with Gasteiger partial charge in [0.25, 0.3) is 17.7 Å². The Bertz CT molecular complexity index is 1260. The standard InChI is InChI=1S/C22H13Cl3N2O4/c1-31-19-7-3-12(9-18(19)25)26-20(28)11-2-5-14-15(8-11)22(30)27(21(14)29)13-4-6-16(23)17(24)10-13/h2-10H,1H3,(H,26,28). The molecule has 3 aromatic carbocycles. The number of carbonyl (C=O) groups is 3. The van der Waals surface area contributed by atoms with E-state index in [-0.39, 0.29) is 21.7 Å². The van der Waals surface area contributed by atoms with E-state index in [1.54, 1.807) is 18.2 Å². The molecule has 9 heteroatoms. The number of imide groups is 1. The van der Waals surface area contributed by atoms with E-state index in [4.69, 9.17) is 39.5 Å². The zero-order valence-corrected chi connectivity index (χ0v) is 18.2. The summed E-state index contributed by atoms with van der Waals surface area (Å²) < 4.78 is 5.09. The number of hydrogen-bond donors (Lipinski definition) is 1. The van der Waals surface area contributed by atoms with Crippen LogP contribution in [-0.2, 0) is 0 Å². The molecule has 4 rings (SSSR count). The van der Waals surface area contributed by atoms with Gasteiger partial charge in [0.05, 0.1) is 39.0 Å². The van der Waals surface area contributed by atoms with Gasteiger partial charge in [-0.25, -0.2) is 4.90 Å². The normalized spacial score (nSPS) is 12.7. The van der Waals surface area contributed by atoms with Gasteiger partial charge in [-0.15, -0.1) is 0 Å². The van der Waals surface area contributed by atoms with Crippen molar-refractivity contribution in [1.82, 2.24) is 0 Å². The van der Waals surface area contributed by atoms with E-state index >= 15 is 0 Å². The highest BCUT2D eigenvalue weighted by molar-refractivity contribution is 6.42. The van der Waals surface area contributed by atoms with Crippen molar-refractivity contribution < 1.29 is 19.1 Å². The number of hydrogen-bond acceptors (Lipinski definition) is 4. The van der Waals surface area contributed by atoms with Crippen molar-refractivity contribution in [2.45, 2.75) is 0 Å². The van der Waals surface area contributed by atoms with Crippen molar-refractivity contribution in [3.8, 4) is 5.75 Å². The minimum atomic E-state index is -0.555. The Morgan fingerprint density at radius 1 is 0.839 bits per heavy atom. The molecule has 0 aliphatic carbocycles. The highest BCUT2D eigenvalue weighted by Gasteiger charge is 2.37. The van der Waals surface area contributed by atoms with Crippen molar-refractivity contribution in [3.05, 3.63) is 86.4 Å². The Balaban J connectivity index is 1.61. The molecule has 0 saturated carbocycles. The first-order chi connectivity index (χ1) is 14.8. The van der Waals surface area contributed by atoms with Crippen LogP contribution in [0.4, 0.5) is 11.4 Å². The second kappa shape index (κ2) is 8.23. The molecule has 1 heterocycles. The van der Waals surface area contributed by atoms with Gasteiger partial charge in [0.15, 0.2) is 0 Å². The molecule has 3 aromatic rings. The van der Waals surface area contributed by atoms with E-state index in [1.807, 2.05) is 0 Å². The maximum atomic E-state index is 12.9. The van der Waals surface area contributed by atoms with Gasteiger partial charge in [-0.1, -0.05) is 34.8 Å². The minimum Gasteiger partial charge on any atom is -0.495 e. The van der Waals surface area contributed by atoms with Gasteiger partial charge < -0.3 is 10.1 Å². The molecule has 0 radical (unpaired) electrons. The fourth-order valence-corrected chi connectivity index (χ4v) is 3.74. The first kappa shape index (κ1) is 21.2. The van der Waals surface area contributed by atoms with Crippen molar-refractivity contribution >= 4 is 63.9 Å². The van der Waals surface area contributed by atoms with E-state index < -0.39 is 17.7 Å². The average Bonchev–Trinajstić information content (AvgIpc) is 3.00. The second-order valence-corrected chi connectivity index (χ2v) is 7.83. The van der Waals surface area contributed by atoms with Crippen molar-refractivity contribution in [1.29, 1.82) is 0 Å². The summed E-state index contributed by atoms with van der Waals surface area (Å²) in [6.07, 6.45) is 0. The number of fused-ring (bicyclic) bond motifs is 1. The molecule has 0 fully saturated rings. The topological polar surface area (TPSA) is 75.7 Å². The number of nitrogens with one attached hydrogen (secondary N) is 1. The summed E-state index contributed by atoms with van der Waals surface area (Å²) in [5, 5.41) is 3.57. The molecule has 1 aliphatic heterocycles. The van der Waals surface area contributed by atoms with Crippen LogP contribution in [0.5, 0.6) is 5.75 Å². The Morgan fingerprint density at radius 3 is 2.26 bits per heavy atom. The SMILES string of the molecule is COc1ccc(NC(=O)c2ccc3c(c2)C(=O)N(c2ccc(Cl)c(Cl)c2)C3=O)cc1Cl. The van der Waals surface area contributed by atoms with Crippen LogP contribution in [0, 0.1) is 0 Å². The maximum Gasteiger partial charge on any atom is 0.266 e. The van der Waals surface area contributed by atoms with Crippen LogP contribution in [0.1, 0.15) is 31.1 Å². The van der Waals surface area contributed by atoms with Gasteiger partial charge in [0.2, 0.25) is 0 Å². The monoisotopic (exact) mass is 474 g/mol. The third-order valence-electron chi connectivity index (χ3n) is 4.72. The lowest BCUT2D eigenvalue weighted by molar-refractivity contribution is 0.0925. The molecule has 3 amide bonds. The highest BCUT2D eigenvalue weighted by atomic mass is 35.5. The van der Waals surface area contributed by atoms with E-state index in [0.717, 1.165) is 4.90 Å². The predicted molar refractivity (Wildman–Crippen MR) is 120 cm³/mol. The third-order valence-corrected chi connectivity index (χ3v) is 5.75. The van der Waals surface area contributed by atoms with Gasteiger partial charge in [-0.05, 0) is 54.6 Å². The molecule has 0 atom stereocenters. The molecule has 0 unspecified atom stereocenters. The second-order valence-electron chi connectivity index (χ2n) is 6.61. The number of carbonyl (C=O) groups excluding carboxylic acids is 3. The zero-order chi connectivity index (χ0) is 22.3. The molecule has 156 valence electrons. The van der Waals surface area contributed by atoms with E-state index in [1.165, 1.54) is 43.5 Å². The number of ether oxygens (including phenoxy) is 1. The lowest BCUT2D eigenvalue weighted by Gasteiger charge is -2.14. The smallest absolute Gasteiger partial charge is 0.266 e. The van der Waals surface area contributed by atoms with Gasteiger partial charge >= 0.3 is 0 Å². The lowest BCUT2D eigenvalue weighted by atomic mass is 10.1. The number of halogens is 3. The molecular formula is C22H13Cl3N2O4. The zero-order valence-electron chi connectivity index (χ0n) is 15.9. The summed E-state index contributed by atoms with van der Waals surface area (Å²) in [5.41, 5.74) is 1.27. The summed E-state index contributed by atoms with van der Waals surface area (Å²) in [7, 11) is 1.49. The van der Waals surface area contributed by atoms with Crippen LogP contribution in [0.25, 0.3) is 0 Å². The van der Waals surface area contributed by atoms with Crippen LogP contribution in [0.15, 0.2) is 54.6 Å². The molecule has 1 N–H and O–H groups in total. The van der Waals surface area contributed by atoms with Gasteiger partial charge in [-0.3, -0.25) is 14.4 Å². The molecule has 0 saturated heterocycles. The van der Waals surface area contributed by atoms with Gasteiger partial charge in [-0.2, -0.15) is 0 Å². The fraction of sp³-hybridized carbons (Fsp3) is 0.0455. The minimum absolute atomic E-state index is 0.122. The van der Waals surface area contributed by atoms with Crippen LogP contribution in [-0.4, -0.2) is 24.8 Å². The van der Waals surface area contributed by atoms with E-state index in [0.29, 0.717) is 27.2 Å². The average molecular weight is 476 g/mol. The predicted octanol–water partition coefficient (Wildman–Crippen LogP) is 5.71. The quantitative estimate of drug-likeness (QED) is 0.491. The van der Waals surface area contributed by atoms with Crippen LogP contribution in [0.3, 0.4) is 0 Å². The van der Waals surface area contributed by atoms with E-state index in [9.17, 15) is 14.4 Å². The molecule has 6 nitrogen and oxygen atoms in total. The Morgan fingerprint density at radius 2 is 1.58 bits per heavy atom. The van der Waals surface area contributed by atoms with Crippen LogP contribution < -0.4 is 15.0 Å². The fourth-order valence-electron chi connectivity index (χ4n) is 3.19. The number of anilines is 2. The van der Waals surface area contributed by atoms with E-state index in [2.05, 4.69) is 5.32 Å². The Kier molecular flexibility index (Phi) is 5.62. The van der Waals surface area contributed by atoms with Crippen molar-refractivity contribution in [3.63, 3.8) is 0 Å². The van der Waals surface area contributed by atoms with Crippen LogP contribution >= 0.6 is 34.8 Å². The summed E-state index contributed by atoms with van der Waals surface area (Å²) in [5.74, 6) is -1.05. The third kappa shape index (κ3) is 3.85. The molecule has 0 aromatic heterocycles. The summed E-state index contributed by atoms with van der Waals surface area (Å²) >= 11 is 18.0. The molecule has 31 heavy (non-hydrogen) atoms. The molecule has 0 bridgehead atoms. The first-order valence-corrected chi connectivity index (χ1v) is 10.1. The summed E-state index contributed by atoms with van der Waals surface area (Å²) in [4.78, 5) is 39.4. The number of methoxy groups -OCH3 is 1. The molecule has 0 spiro atoms. The molecular weight excluding hydrogens is 463 g/mol. The van der Waals surface area contributed by atoms with Gasteiger partial charge in [0, 0.05) is 11.3 Å². The lowest BCUT2D eigenvalue weighted by Crippen LogP contribution is -2.29. The molecule has 1 aliphatic rings. The largest absolute Gasteiger partial charge is 0.495 e. The number of amides is 3. The van der Waals surface area contributed by atoms with Crippen molar-refractivity contribution in [2.75, 3.05) is 17.3 Å². The summed E-state index contributed by atoms with van der Waals surface area (Å²) in [6.45, 7) is 0. The number of rotatable bonds is 4. The Hall–Kier alpha value is -3.06. The van der Waals surface area contributed by atoms with Crippen LogP contribution in [0.2, 0.25) is 15.1 Å².